The normalized spacial score (nSPS) is 11.5. The number of hydrogen-bond acceptors (Lipinski definition) is 15. The molecule has 0 amide bonds. The molecule has 0 radical (unpaired) electrons. The monoisotopic (exact) mass is 869 g/mol. The molecule has 0 unspecified atom stereocenters. The van der Waals surface area contributed by atoms with Gasteiger partial charge in [-0.05, 0) is 42.5 Å². The van der Waals surface area contributed by atoms with Gasteiger partial charge >= 0.3 is 18.1 Å². The van der Waals surface area contributed by atoms with Crippen molar-refractivity contribution in [2.24, 2.45) is 0 Å². The molecule has 0 aliphatic carbocycles. The first-order valence-corrected chi connectivity index (χ1v) is 20.0. The van der Waals surface area contributed by atoms with Crippen molar-refractivity contribution < 1.29 is 79.6 Å². The van der Waals surface area contributed by atoms with Gasteiger partial charge in [0.05, 0.1) is 155 Å². The van der Waals surface area contributed by atoms with Gasteiger partial charge in [-0.2, -0.15) is 13.2 Å². The van der Waals surface area contributed by atoms with Gasteiger partial charge in [0.2, 0.25) is 0 Å². The fourth-order valence-corrected chi connectivity index (χ4v) is 4.90. The Morgan fingerprint density at radius 2 is 0.770 bits per heavy atom. The topological polar surface area (TPSA) is 157 Å². The van der Waals surface area contributed by atoms with Gasteiger partial charge in [0.15, 0.2) is 0 Å². The number of halogens is 3. The number of benzene rings is 3. The summed E-state index contributed by atoms with van der Waals surface area (Å²) >= 11 is 0. The highest BCUT2D eigenvalue weighted by molar-refractivity contribution is 5.96. The van der Waals surface area contributed by atoms with E-state index in [1.165, 1.54) is 18.2 Å². The van der Waals surface area contributed by atoms with E-state index in [4.69, 9.17) is 56.8 Å². The second-order valence-electron chi connectivity index (χ2n) is 12.5. The third-order valence-corrected chi connectivity index (χ3v) is 7.90. The summed E-state index contributed by atoms with van der Waals surface area (Å²) in [5.41, 5.74) is 0.401. The molecular weight excluding hydrogens is 811 g/mol. The fourth-order valence-electron chi connectivity index (χ4n) is 4.90. The largest absolute Gasteiger partial charge is 0.460 e. The van der Waals surface area contributed by atoms with E-state index in [-0.39, 0.29) is 37.0 Å². The van der Waals surface area contributed by atoms with Gasteiger partial charge < -0.3 is 62.2 Å². The molecule has 1 N–H and O–H groups in total. The molecule has 0 heterocycles. The van der Waals surface area contributed by atoms with Crippen LogP contribution in [0.25, 0.3) is 0 Å². The predicted molar refractivity (Wildman–Crippen MR) is 216 cm³/mol. The molecule has 0 saturated carbocycles. The maximum absolute atomic E-state index is 13.1. The zero-order valence-electron chi connectivity index (χ0n) is 34.4. The summed E-state index contributed by atoms with van der Waals surface area (Å²) in [4.78, 5) is 24.4. The highest BCUT2D eigenvalue weighted by Gasteiger charge is 2.30. The Kier molecular flexibility index (Phi) is 28.0. The number of anilines is 2. The number of esters is 2. The number of rotatable bonds is 37. The Morgan fingerprint density at radius 3 is 1.18 bits per heavy atom. The molecule has 18 heteroatoms. The van der Waals surface area contributed by atoms with Crippen molar-refractivity contribution in [3.8, 4) is 0 Å². The Labute approximate surface area is 354 Å². The van der Waals surface area contributed by atoms with Crippen molar-refractivity contribution in [1.82, 2.24) is 0 Å². The van der Waals surface area contributed by atoms with Crippen molar-refractivity contribution >= 4 is 23.3 Å². The molecular formula is C43H58F3NO14. The van der Waals surface area contributed by atoms with E-state index in [2.05, 4.69) is 5.32 Å². The van der Waals surface area contributed by atoms with Crippen LogP contribution in [0.1, 0.15) is 26.3 Å². The number of ether oxygens (including phenoxy) is 12. The molecule has 0 spiro atoms. The summed E-state index contributed by atoms with van der Waals surface area (Å²) in [5, 5.41) is 2.86. The summed E-state index contributed by atoms with van der Waals surface area (Å²) in [6, 6.07) is 19.9. The third-order valence-electron chi connectivity index (χ3n) is 7.90. The molecule has 61 heavy (non-hydrogen) atoms. The summed E-state index contributed by atoms with van der Waals surface area (Å²) in [6.07, 6.45) is -4.48. The Balaban J connectivity index is 0.972. The zero-order valence-corrected chi connectivity index (χ0v) is 34.4. The molecule has 0 aliphatic heterocycles. The summed E-state index contributed by atoms with van der Waals surface area (Å²) in [7, 11) is 0. The first-order valence-electron chi connectivity index (χ1n) is 20.0. The number of hydrogen-bond donors (Lipinski definition) is 1. The quantitative estimate of drug-likeness (QED) is 0.0562. The van der Waals surface area contributed by atoms with Gasteiger partial charge in [-0.15, -0.1) is 0 Å². The average molecular weight is 870 g/mol. The van der Waals surface area contributed by atoms with Crippen LogP contribution >= 0.6 is 0 Å². The number of nitrogens with one attached hydrogen (secondary N) is 1. The predicted octanol–water partition coefficient (Wildman–Crippen LogP) is 5.63. The van der Waals surface area contributed by atoms with E-state index in [9.17, 15) is 22.8 Å². The fraction of sp³-hybridized carbons (Fsp3) is 0.535. The van der Waals surface area contributed by atoms with E-state index < -0.39 is 17.7 Å². The van der Waals surface area contributed by atoms with E-state index in [1.807, 2.05) is 6.07 Å². The van der Waals surface area contributed by atoms with Crippen molar-refractivity contribution in [2.75, 3.05) is 151 Å². The second kappa shape index (κ2) is 33.4. The van der Waals surface area contributed by atoms with E-state index >= 15 is 0 Å². The van der Waals surface area contributed by atoms with Crippen LogP contribution in [0, 0.1) is 0 Å². The summed E-state index contributed by atoms with van der Waals surface area (Å²) in [6.45, 7) is 8.16. The number of carbonyl (C=O) groups excluding carboxylic acids is 2. The smallest absolute Gasteiger partial charge is 0.416 e. The molecule has 340 valence electrons. The van der Waals surface area contributed by atoms with Crippen LogP contribution < -0.4 is 5.32 Å². The van der Waals surface area contributed by atoms with Crippen LogP contribution in [0.3, 0.4) is 0 Å². The Bertz CT molecular complexity index is 1570. The summed E-state index contributed by atoms with van der Waals surface area (Å²) in [5.74, 6) is -1.01. The minimum atomic E-state index is -4.48. The van der Waals surface area contributed by atoms with Crippen molar-refractivity contribution in [2.45, 2.75) is 6.18 Å². The van der Waals surface area contributed by atoms with Crippen LogP contribution in [-0.4, -0.2) is 157 Å². The van der Waals surface area contributed by atoms with Crippen LogP contribution in [0.2, 0.25) is 0 Å². The molecule has 0 atom stereocenters. The molecule has 3 aromatic rings. The first-order chi connectivity index (χ1) is 29.8. The summed E-state index contributed by atoms with van der Waals surface area (Å²) < 4.78 is 104. The lowest BCUT2D eigenvalue weighted by molar-refractivity contribution is -0.137. The standard InChI is InChI=1S/C43H58F3NO14/c44-43(45,46)37-9-6-10-38(35-37)47-40-12-5-4-11-39(40)42(49)61-34-32-59-30-28-57-26-24-55-22-20-53-18-16-51-14-13-50-15-17-52-19-21-54-23-25-56-27-29-58-31-33-60-41(48)36-7-2-1-3-8-36/h1-12,35,47H,13-34H2. The van der Waals surface area contributed by atoms with Crippen LogP contribution in [0.5, 0.6) is 0 Å². The van der Waals surface area contributed by atoms with Gasteiger partial charge in [0.25, 0.3) is 0 Å². The van der Waals surface area contributed by atoms with Crippen LogP contribution in [0.15, 0.2) is 78.9 Å². The molecule has 3 aromatic carbocycles. The minimum Gasteiger partial charge on any atom is -0.460 e. The van der Waals surface area contributed by atoms with Gasteiger partial charge in [-0.25, -0.2) is 9.59 Å². The lowest BCUT2D eigenvalue weighted by Gasteiger charge is -2.13. The van der Waals surface area contributed by atoms with Gasteiger partial charge in [0, 0.05) is 5.69 Å². The highest BCUT2D eigenvalue weighted by Crippen LogP contribution is 2.32. The molecule has 3 rings (SSSR count). The van der Waals surface area contributed by atoms with Crippen LogP contribution in [0.4, 0.5) is 24.5 Å². The first kappa shape index (κ1) is 51.1. The average Bonchev–Trinajstić information content (AvgIpc) is 3.26. The molecule has 15 nitrogen and oxygen atoms in total. The lowest BCUT2D eigenvalue weighted by atomic mass is 10.1. The van der Waals surface area contributed by atoms with E-state index in [1.54, 1.807) is 42.5 Å². The Morgan fingerprint density at radius 1 is 0.410 bits per heavy atom. The van der Waals surface area contributed by atoms with E-state index in [0.717, 1.165) is 12.1 Å². The maximum Gasteiger partial charge on any atom is 0.416 e. The van der Waals surface area contributed by atoms with Crippen molar-refractivity contribution in [3.05, 3.63) is 95.6 Å². The van der Waals surface area contributed by atoms with Gasteiger partial charge in [-0.3, -0.25) is 0 Å². The number of alkyl halides is 3. The van der Waals surface area contributed by atoms with Gasteiger partial charge in [-0.1, -0.05) is 36.4 Å². The maximum atomic E-state index is 13.1. The van der Waals surface area contributed by atoms with Crippen molar-refractivity contribution in [3.63, 3.8) is 0 Å². The SMILES string of the molecule is O=C(OCCOCCOCCOCCOCCOCCOCCOCCOCCOCCOCCOC(=O)c1ccccc1Nc1cccc(C(F)(F)F)c1)c1ccccc1. The highest BCUT2D eigenvalue weighted by atomic mass is 19.4. The van der Waals surface area contributed by atoms with Gasteiger partial charge in [0.1, 0.15) is 13.2 Å². The van der Waals surface area contributed by atoms with Crippen LogP contribution in [-0.2, 0) is 63.0 Å². The third kappa shape index (κ3) is 25.4. The molecule has 0 bridgehead atoms. The molecule has 0 fully saturated rings. The number of carbonyl (C=O) groups is 2. The molecule has 0 aromatic heterocycles. The van der Waals surface area contributed by atoms with Crippen molar-refractivity contribution in [1.29, 1.82) is 0 Å². The second-order valence-corrected chi connectivity index (χ2v) is 12.5. The zero-order chi connectivity index (χ0) is 43.5. The number of para-hydroxylation sites is 1. The Hall–Kier alpha value is -4.21. The minimum absolute atomic E-state index is 0.00887. The van der Waals surface area contributed by atoms with E-state index in [0.29, 0.717) is 137 Å². The lowest BCUT2D eigenvalue weighted by Crippen LogP contribution is -2.16. The molecule has 0 aliphatic rings. The molecule has 0 saturated heterocycles.